The van der Waals surface area contributed by atoms with Crippen LogP contribution in [-0.2, 0) is 11.3 Å². The number of carbonyl (C=O) groups excluding carboxylic acids is 1. The molecule has 0 fully saturated rings. The van der Waals surface area contributed by atoms with Crippen molar-refractivity contribution in [1.29, 1.82) is 5.26 Å². The smallest absolute Gasteiger partial charge is 0.234 e. The number of nitriles is 1. The molecule has 5 nitrogen and oxygen atoms in total. The highest BCUT2D eigenvalue weighted by molar-refractivity contribution is 5.83. The lowest BCUT2D eigenvalue weighted by Crippen LogP contribution is -2.21. The molecule has 0 aliphatic carbocycles. The lowest BCUT2D eigenvalue weighted by Gasteiger charge is -2.10. The predicted molar refractivity (Wildman–Crippen MR) is 103 cm³/mol. The van der Waals surface area contributed by atoms with Crippen molar-refractivity contribution in [3.8, 4) is 17.6 Å². The Kier molecular flexibility index (Phi) is 6.26. The van der Waals surface area contributed by atoms with Gasteiger partial charge in [0.1, 0.15) is 31.1 Å². The molecule has 0 heterocycles. The van der Waals surface area contributed by atoms with Gasteiger partial charge < -0.3 is 14.8 Å². The van der Waals surface area contributed by atoms with Gasteiger partial charge >= 0.3 is 0 Å². The number of rotatable bonds is 8. The lowest BCUT2D eigenvalue weighted by atomic mass is 10.1. The number of ether oxygens (including phenoxy) is 2. The zero-order chi connectivity index (χ0) is 18.9. The van der Waals surface area contributed by atoms with E-state index < -0.39 is 0 Å². The zero-order valence-electron chi connectivity index (χ0n) is 14.9. The summed E-state index contributed by atoms with van der Waals surface area (Å²) in [4.78, 5) is 11.3. The van der Waals surface area contributed by atoms with Gasteiger partial charge in [-0.2, -0.15) is 5.26 Å². The van der Waals surface area contributed by atoms with Crippen molar-refractivity contribution in [1.82, 2.24) is 5.32 Å². The molecule has 136 valence electrons. The first kappa shape index (κ1) is 18.3. The van der Waals surface area contributed by atoms with Gasteiger partial charge in [-0.1, -0.05) is 42.5 Å². The molecule has 5 heteroatoms. The summed E-state index contributed by atoms with van der Waals surface area (Å²) in [5.74, 6) is 1.29. The second-order valence-electron chi connectivity index (χ2n) is 5.96. The molecule has 3 rings (SSSR count). The number of nitrogens with one attached hydrogen (secondary N) is 1. The van der Waals surface area contributed by atoms with Crippen molar-refractivity contribution in [2.45, 2.75) is 13.0 Å². The fourth-order valence-electron chi connectivity index (χ4n) is 2.61. The molecule has 0 saturated heterocycles. The van der Waals surface area contributed by atoms with Gasteiger partial charge in [0.2, 0.25) is 5.91 Å². The van der Waals surface area contributed by atoms with Crippen LogP contribution in [-0.4, -0.2) is 19.1 Å². The van der Waals surface area contributed by atoms with E-state index in [2.05, 4.69) is 17.4 Å². The highest BCUT2D eigenvalue weighted by atomic mass is 16.5. The zero-order valence-corrected chi connectivity index (χ0v) is 14.9. The van der Waals surface area contributed by atoms with Crippen molar-refractivity contribution in [2.24, 2.45) is 0 Å². The summed E-state index contributed by atoms with van der Waals surface area (Å²) in [5.41, 5.74) is 0.945. The van der Waals surface area contributed by atoms with Crippen molar-refractivity contribution < 1.29 is 14.3 Å². The van der Waals surface area contributed by atoms with Crippen LogP contribution in [0.4, 0.5) is 0 Å². The molecule has 27 heavy (non-hydrogen) atoms. The number of carbonyl (C=O) groups is 1. The molecule has 0 aromatic heterocycles. The Hall–Kier alpha value is -3.52. The molecule has 0 bridgehead atoms. The summed E-state index contributed by atoms with van der Waals surface area (Å²) in [6, 6.07) is 23.4. The standard InChI is InChI=1S/C22H20N2O3/c23-12-11-22(25)24-16-17-5-8-20(9-6-17)26-13-14-27-21-10-7-18-3-1-2-4-19(18)15-21/h1-10,15H,11,13-14,16H2,(H,24,25). The van der Waals surface area contributed by atoms with Crippen LogP contribution in [0, 0.1) is 11.3 Å². The average Bonchev–Trinajstić information content (AvgIpc) is 2.70. The quantitative estimate of drug-likeness (QED) is 0.620. The van der Waals surface area contributed by atoms with Crippen molar-refractivity contribution in [3.63, 3.8) is 0 Å². The fraction of sp³-hybridized carbons (Fsp3) is 0.182. The van der Waals surface area contributed by atoms with Crippen LogP contribution in [0.15, 0.2) is 66.7 Å². The van der Waals surface area contributed by atoms with Gasteiger partial charge in [-0.15, -0.1) is 0 Å². The van der Waals surface area contributed by atoms with Gasteiger partial charge in [0.15, 0.2) is 0 Å². The molecule has 1 N–H and O–H groups in total. The molecule has 0 aliphatic heterocycles. The maximum atomic E-state index is 11.3. The molecule has 0 saturated carbocycles. The van der Waals surface area contributed by atoms with Crippen LogP contribution in [0.1, 0.15) is 12.0 Å². The van der Waals surface area contributed by atoms with Gasteiger partial charge in [0, 0.05) is 6.54 Å². The molecule has 0 atom stereocenters. The summed E-state index contributed by atoms with van der Waals surface area (Å²) in [6.45, 7) is 1.28. The Bertz CT molecular complexity index is 946. The third-order valence-corrected chi connectivity index (χ3v) is 3.99. The highest BCUT2D eigenvalue weighted by Crippen LogP contribution is 2.20. The molecule has 0 unspecified atom stereocenters. The molecular formula is C22H20N2O3. The number of amides is 1. The van der Waals surface area contributed by atoms with E-state index in [4.69, 9.17) is 14.7 Å². The second kappa shape index (κ2) is 9.25. The maximum absolute atomic E-state index is 11.3. The summed E-state index contributed by atoms with van der Waals surface area (Å²) in [6.07, 6.45) is -0.127. The molecule has 3 aromatic rings. The number of nitrogens with zero attached hydrogens (tertiary/aromatic N) is 1. The van der Waals surface area contributed by atoms with Crippen LogP contribution in [0.2, 0.25) is 0 Å². The number of hydrogen-bond acceptors (Lipinski definition) is 4. The van der Waals surface area contributed by atoms with Crippen LogP contribution in [0.25, 0.3) is 10.8 Å². The monoisotopic (exact) mass is 360 g/mol. The first-order chi connectivity index (χ1) is 13.2. The van der Waals surface area contributed by atoms with Crippen molar-refractivity contribution in [2.75, 3.05) is 13.2 Å². The fourth-order valence-corrected chi connectivity index (χ4v) is 2.61. The maximum Gasteiger partial charge on any atom is 0.234 e. The summed E-state index contributed by atoms with van der Waals surface area (Å²) < 4.78 is 11.4. The lowest BCUT2D eigenvalue weighted by molar-refractivity contribution is -0.120. The number of fused-ring (bicyclic) bond motifs is 1. The Balaban J connectivity index is 1.42. The predicted octanol–water partition coefficient (Wildman–Crippen LogP) is 3.83. The molecule has 3 aromatic carbocycles. The van der Waals surface area contributed by atoms with Gasteiger partial charge in [-0.05, 0) is 40.6 Å². The second-order valence-corrected chi connectivity index (χ2v) is 5.96. The first-order valence-corrected chi connectivity index (χ1v) is 8.71. The Morgan fingerprint density at radius 1 is 0.889 bits per heavy atom. The molecule has 1 amide bonds. The minimum absolute atomic E-state index is 0.127. The van der Waals surface area contributed by atoms with Crippen molar-refractivity contribution >= 4 is 16.7 Å². The van der Waals surface area contributed by atoms with E-state index in [1.165, 1.54) is 5.39 Å². The van der Waals surface area contributed by atoms with E-state index in [1.807, 2.05) is 60.7 Å². The number of hydrogen-bond donors (Lipinski definition) is 1. The van der Waals surface area contributed by atoms with Crippen LogP contribution < -0.4 is 14.8 Å². The van der Waals surface area contributed by atoms with Gasteiger partial charge in [-0.3, -0.25) is 4.79 Å². The van der Waals surface area contributed by atoms with Gasteiger partial charge in [0.05, 0.1) is 6.07 Å². The van der Waals surface area contributed by atoms with E-state index in [0.717, 1.165) is 22.4 Å². The minimum Gasteiger partial charge on any atom is -0.490 e. The summed E-state index contributed by atoms with van der Waals surface area (Å²) in [7, 11) is 0. The third-order valence-electron chi connectivity index (χ3n) is 3.99. The highest BCUT2D eigenvalue weighted by Gasteiger charge is 2.01. The molecule has 0 spiro atoms. The average molecular weight is 360 g/mol. The van der Waals surface area contributed by atoms with E-state index in [0.29, 0.717) is 19.8 Å². The Morgan fingerprint density at radius 2 is 1.56 bits per heavy atom. The van der Waals surface area contributed by atoms with Crippen LogP contribution >= 0.6 is 0 Å². The minimum atomic E-state index is -0.274. The third kappa shape index (κ3) is 5.48. The molecular weight excluding hydrogens is 340 g/mol. The Morgan fingerprint density at radius 3 is 2.30 bits per heavy atom. The van der Waals surface area contributed by atoms with Gasteiger partial charge in [0.25, 0.3) is 0 Å². The van der Waals surface area contributed by atoms with Crippen molar-refractivity contribution in [3.05, 3.63) is 72.3 Å². The topological polar surface area (TPSA) is 71.4 Å². The van der Waals surface area contributed by atoms with E-state index in [9.17, 15) is 4.79 Å². The largest absolute Gasteiger partial charge is 0.490 e. The Labute approximate surface area is 158 Å². The van der Waals surface area contributed by atoms with Gasteiger partial charge in [-0.25, -0.2) is 0 Å². The SMILES string of the molecule is N#CCC(=O)NCc1ccc(OCCOc2ccc3ccccc3c2)cc1. The first-order valence-electron chi connectivity index (χ1n) is 8.71. The normalized spacial score (nSPS) is 10.2. The van der Waals surface area contributed by atoms with Crippen LogP contribution in [0.5, 0.6) is 11.5 Å². The van der Waals surface area contributed by atoms with Crippen LogP contribution in [0.3, 0.4) is 0 Å². The van der Waals surface area contributed by atoms with E-state index in [1.54, 1.807) is 0 Å². The summed E-state index contributed by atoms with van der Waals surface area (Å²) >= 11 is 0. The summed E-state index contributed by atoms with van der Waals surface area (Å²) in [5, 5.41) is 13.5. The molecule has 0 aliphatic rings. The number of benzene rings is 3. The molecule has 0 radical (unpaired) electrons. The van der Waals surface area contributed by atoms with E-state index in [-0.39, 0.29) is 12.3 Å². The van der Waals surface area contributed by atoms with E-state index >= 15 is 0 Å².